The van der Waals surface area contributed by atoms with Crippen LogP contribution in [0.4, 0.5) is 0 Å². The number of hydrogen-bond acceptors (Lipinski definition) is 4. The maximum atomic E-state index is 12.9. The van der Waals surface area contributed by atoms with Crippen LogP contribution in [0.1, 0.15) is 31.2 Å². The van der Waals surface area contributed by atoms with Crippen LogP contribution in [-0.2, 0) is 16.0 Å². The van der Waals surface area contributed by atoms with E-state index in [-0.39, 0.29) is 5.91 Å². The first-order chi connectivity index (χ1) is 12.2. The molecule has 0 radical (unpaired) electrons. The molecule has 1 amide bonds. The van der Waals surface area contributed by atoms with Gasteiger partial charge >= 0.3 is 0 Å². The Bertz CT molecular complexity index is 543. The van der Waals surface area contributed by atoms with Gasteiger partial charge in [-0.05, 0) is 37.7 Å². The van der Waals surface area contributed by atoms with Gasteiger partial charge in [0.15, 0.2) is 5.60 Å². The normalized spacial score (nSPS) is 25.8. The van der Waals surface area contributed by atoms with Crippen LogP contribution in [0.15, 0.2) is 30.3 Å². The van der Waals surface area contributed by atoms with Crippen LogP contribution in [0.5, 0.6) is 0 Å². The number of carbonyl (C=O) groups is 1. The third-order valence-electron chi connectivity index (χ3n) is 5.24. The van der Waals surface area contributed by atoms with E-state index in [9.17, 15) is 9.90 Å². The molecule has 2 heterocycles. The predicted molar refractivity (Wildman–Crippen MR) is 97.4 cm³/mol. The first-order valence-electron chi connectivity index (χ1n) is 9.53. The molecule has 2 saturated heterocycles. The molecule has 3 rings (SSSR count). The fourth-order valence-corrected chi connectivity index (χ4v) is 3.87. The fourth-order valence-electron chi connectivity index (χ4n) is 3.87. The van der Waals surface area contributed by atoms with Crippen LogP contribution >= 0.6 is 0 Å². The summed E-state index contributed by atoms with van der Waals surface area (Å²) in [6, 6.07) is 10.4. The lowest BCUT2D eigenvalue weighted by molar-refractivity contribution is -0.159. The third-order valence-corrected chi connectivity index (χ3v) is 5.24. The molecule has 0 spiro atoms. The van der Waals surface area contributed by atoms with Crippen molar-refractivity contribution in [3.8, 4) is 0 Å². The highest BCUT2D eigenvalue weighted by molar-refractivity contribution is 5.86. The van der Waals surface area contributed by atoms with Crippen molar-refractivity contribution >= 4 is 5.91 Å². The standard InChI is InChI=1S/C20H30N2O3/c23-19-20(24,17-21-11-6-15-25-16-14-21)10-5-13-22(19)12-4-9-18-7-2-1-3-8-18/h1-3,7-8,24H,4-6,9-17H2. The van der Waals surface area contributed by atoms with Gasteiger partial charge in [0.1, 0.15) is 0 Å². The van der Waals surface area contributed by atoms with Crippen LogP contribution in [-0.4, -0.2) is 72.4 Å². The highest BCUT2D eigenvalue weighted by atomic mass is 16.5. The number of likely N-dealkylation sites (tertiary alicyclic amines) is 1. The van der Waals surface area contributed by atoms with Crippen molar-refractivity contribution < 1.29 is 14.6 Å². The summed E-state index contributed by atoms with van der Waals surface area (Å²) in [7, 11) is 0. The Morgan fingerprint density at radius 3 is 2.76 bits per heavy atom. The Hall–Kier alpha value is -1.43. The van der Waals surface area contributed by atoms with Crippen molar-refractivity contribution in [2.75, 3.05) is 45.9 Å². The molecule has 1 aromatic carbocycles. The molecule has 2 aliphatic heterocycles. The maximum Gasteiger partial charge on any atom is 0.255 e. The number of benzene rings is 1. The second kappa shape index (κ2) is 8.79. The number of piperidine rings is 1. The zero-order valence-corrected chi connectivity index (χ0v) is 15.0. The topological polar surface area (TPSA) is 53.0 Å². The smallest absolute Gasteiger partial charge is 0.255 e. The molecule has 5 heteroatoms. The van der Waals surface area contributed by atoms with Gasteiger partial charge < -0.3 is 14.7 Å². The average molecular weight is 346 g/mol. The maximum absolute atomic E-state index is 12.9. The molecule has 1 unspecified atom stereocenters. The molecule has 1 atom stereocenters. The van der Waals surface area contributed by atoms with E-state index in [1.54, 1.807) is 0 Å². The number of nitrogens with zero attached hydrogens (tertiary/aromatic N) is 2. The van der Waals surface area contributed by atoms with Gasteiger partial charge in [-0.3, -0.25) is 9.69 Å². The summed E-state index contributed by atoms with van der Waals surface area (Å²) in [5.74, 6) is -0.0861. The number of β-amino-alcohol motifs (C(OH)–C–C–N with tert-alkyl or cyclic N) is 1. The Balaban J connectivity index is 1.52. The second-order valence-corrected chi connectivity index (χ2v) is 7.26. The minimum Gasteiger partial charge on any atom is -0.380 e. The second-order valence-electron chi connectivity index (χ2n) is 7.26. The molecule has 2 fully saturated rings. The van der Waals surface area contributed by atoms with Crippen LogP contribution in [0.3, 0.4) is 0 Å². The fraction of sp³-hybridized carbons (Fsp3) is 0.650. The van der Waals surface area contributed by atoms with Gasteiger partial charge in [-0.25, -0.2) is 0 Å². The summed E-state index contributed by atoms with van der Waals surface area (Å²) >= 11 is 0. The lowest BCUT2D eigenvalue weighted by Gasteiger charge is -2.40. The van der Waals surface area contributed by atoms with E-state index in [2.05, 4.69) is 17.0 Å². The molecule has 25 heavy (non-hydrogen) atoms. The molecule has 1 aromatic rings. The van der Waals surface area contributed by atoms with Gasteiger partial charge in [-0.15, -0.1) is 0 Å². The van der Waals surface area contributed by atoms with E-state index >= 15 is 0 Å². The van der Waals surface area contributed by atoms with Crippen molar-refractivity contribution in [3.63, 3.8) is 0 Å². The van der Waals surface area contributed by atoms with Gasteiger partial charge in [0.25, 0.3) is 5.91 Å². The molecule has 138 valence electrons. The number of ether oxygens (including phenoxy) is 1. The molecule has 0 saturated carbocycles. The number of carbonyl (C=O) groups excluding carboxylic acids is 1. The van der Waals surface area contributed by atoms with E-state index in [1.807, 2.05) is 23.1 Å². The summed E-state index contributed by atoms with van der Waals surface area (Å²) in [6.45, 7) is 5.06. The van der Waals surface area contributed by atoms with E-state index in [0.29, 0.717) is 19.6 Å². The first kappa shape index (κ1) is 18.4. The summed E-state index contributed by atoms with van der Waals surface area (Å²) in [5, 5.41) is 11.0. The molecule has 0 aliphatic carbocycles. The zero-order chi connectivity index (χ0) is 17.5. The molecule has 1 N–H and O–H groups in total. The lowest BCUT2D eigenvalue weighted by atomic mass is 9.90. The van der Waals surface area contributed by atoms with Gasteiger partial charge in [-0.2, -0.15) is 0 Å². The largest absolute Gasteiger partial charge is 0.380 e. The number of aryl methyl sites for hydroxylation is 1. The number of aliphatic hydroxyl groups is 1. The van der Waals surface area contributed by atoms with Crippen molar-refractivity contribution in [1.82, 2.24) is 9.80 Å². The Kier molecular flexibility index (Phi) is 6.45. The van der Waals surface area contributed by atoms with Crippen LogP contribution in [0.2, 0.25) is 0 Å². The van der Waals surface area contributed by atoms with E-state index in [1.165, 1.54) is 5.56 Å². The summed E-state index contributed by atoms with van der Waals surface area (Å²) in [4.78, 5) is 16.9. The predicted octanol–water partition coefficient (Wildman–Crippen LogP) is 1.70. The van der Waals surface area contributed by atoms with Gasteiger partial charge in [0, 0.05) is 39.3 Å². The van der Waals surface area contributed by atoms with Crippen molar-refractivity contribution in [1.29, 1.82) is 0 Å². The number of amides is 1. The van der Waals surface area contributed by atoms with Crippen LogP contribution < -0.4 is 0 Å². The highest BCUT2D eigenvalue weighted by Gasteiger charge is 2.43. The Morgan fingerprint density at radius 2 is 1.92 bits per heavy atom. The lowest BCUT2D eigenvalue weighted by Crippen LogP contribution is -2.59. The summed E-state index contributed by atoms with van der Waals surface area (Å²) < 4.78 is 5.47. The molecular formula is C20H30N2O3. The minimum atomic E-state index is -1.23. The summed E-state index contributed by atoms with van der Waals surface area (Å²) in [6.07, 6.45) is 4.30. The molecular weight excluding hydrogens is 316 g/mol. The Labute approximate surface area is 150 Å². The Morgan fingerprint density at radius 1 is 1.08 bits per heavy atom. The zero-order valence-electron chi connectivity index (χ0n) is 15.0. The van der Waals surface area contributed by atoms with Crippen LogP contribution in [0.25, 0.3) is 0 Å². The monoisotopic (exact) mass is 346 g/mol. The highest BCUT2D eigenvalue weighted by Crippen LogP contribution is 2.25. The van der Waals surface area contributed by atoms with Crippen molar-refractivity contribution in [2.24, 2.45) is 0 Å². The quantitative estimate of drug-likeness (QED) is 0.852. The molecule has 5 nitrogen and oxygen atoms in total. The average Bonchev–Trinajstić information content (AvgIpc) is 2.88. The third kappa shape index (κ3) is 5.03. The number of rotatable bonds is 6. The van der Waals surface area contributed by atoms with E-state index in [4.69, 9.17) is 4.74 Å². The molecule has 2 aliphatic rings. The van der Waals surface area contributed by atoms with Gasteiger partial charge in [0.2, 0.25) is 0 Å². The molecule has 0 aromatic heterocycles. The van der Waals surface area contributed by atoms with Crippen LogP contribution in [0, 0.1) is 0 Å². The van der Waals surface area contributed by atoms with E-state index < -0.39 is 5.60 Å². The minimum absolute atomic E-state index is 0.0861. The summed E-state index contributed by atoms with van der Waals surface area (Å²) in [5.41, 5.74) is 0.0711. The van der Waals surface area contributed by atoms with Gasteiger partial charge in [0.05, 0.1) is 6.61 Å². The SMILES string of the molecule is O=C1N(CCCc2ccccc2)CCCC1(O)CN1CCCOCC1. The molecule has 0 bridgehead atoms. The van der Waals surface area contributed by atoms with E-state index in [0.717, 1.165) is 58.5 Å². The number of hydrogen-bond donors (Lipinski definition) is 1. The van der Waals surface area contributed by atoms with Crippen molar-refractivity contribution in [2.45, 2.75) is 37.7 Å². The van der Waals surface area contributed by atoms with Gasteiger partial charge in [-0.1, -0.05) is 30.3 Å². The first-order valence-corrected chi connectivity index (χ1v) is 9.53. The van der Waals surface area contributed by atoms with Crippen molar-refractivity contribution in [3.05, 3.63) is 35.9 Å².